The summed E-state index contributed by atoms with van der Waals surface area (Å²) < 4.78 is 10.5. The Morgan fingerprint density at radius 2 is 1.53 bits per heavy atom. The van der Waals surface area contributed by atoms with Gasteiger partial charge in [-0.3, -0.25) is 9.59 Å². The van der Waals surface area contributed by atoms with Crippen LogP contribution >= 0.6 is 0 Å². The van der Waals surface area contributed by atoms with Crippen LogP contribution in [0.5, 0.6) is 0 Å². The molecule has 0 aromatic heterocycles. The van der Waals surface area contributed by atoms with Crippen molar-refractivity contribution in [1.82, 2.24) is 0 Å². The molecule has 0 aromatic carbocycles. The molecule has 0 saturated carbocycles. The first kappa shape index (κ1) is 12.0. The molecule has 1 saturated heterocycles. The molecule has 0 atom stereocenters. The van der Waals surface area contributed by atoms with Gasteiger partial charge in [-0.25, -0.2) is 0 Å². The fraction of sp³-hybridized carbons (Fsp3) is 0.818. The molecule has 0 unspecified atom stereocenters. The zero-order valence-electron chi connectivity index (χ0n) is 9.54. The Hall–Kier alpha value is -1.06. The summed E-state index contributed by atoms with van der Waals surface area (Å²) in [6.07, 6.45) is 1.87. The largest absolute Gasteiger partial charge is 0.422 e. The van der Waals surface area contributed by atoms with E-state index in [0.29, 0.717) is 0 Å². The summed E-state index contributed by atoms with van der Waals surface area (Å²) in [6, 6.07) is 0. The first-order valence-electron chi connectivity index (χ1n) is 5.45. The average molecular weight is 214 g/mol. The molecule has 0 aliphatic carbocycles. The smallest absolute Gasteiger partial charge is 0.309 e. The Bertz CT molecular complexity index is 237. The van der Waals surface area contributed by atoms with E-state index in [0.717, 1.165) is 12.8 Å². The van der Waals surface area contributed by atoms with Gasteiger partial charge in [0.05, 0.1) is 12.8 Å². The molecule has 0 N–H and O–H groups in total. The normalized spacial score (nSPS) is 20.8. The maximum Gasteiger partial charge on any atom is 0.309 e. The number of hydrogen-bond acceptors (Lipinski definition) is 4. The van der Waals surface area contributed by atoms with Crippen molar-refractivity contribution < 1.29 is 19.1 Å². The minimum atomic E-state index is -1.08. The van der Waals surface area contributed by atoms with Crippen LogP contribution in [0.15, 0.2) is 0 Å². The lowest BCUT2D eigenvalue weighted by Gasteiger charge is -2.33. The molecule has 1 rings (SSSR count). The molecule has 0 aromatic rings. The van der Waals surface area contributed by atoms with Crippen LogP contribution < -0.4 is 0 Å². The standard InChI is InChI=1S/C11H18O4/c1-4-8(5-2)11(3)14-9(12)6-7-10(13)15-11/h8H,4-7H2,1-3H3. The van der Waals surface area contributed by atoms with E-state index < -0.39 is 5.79 Å². The van der Waals surface area contributed by atoms with Gasteiger partial charge in [0.15, 0.2) is 0 Å². The molecule has 1 aliphatic heterocycles. The van der Waals surface area contributed by atoms with Gasteiger partial charge in [0.2, 0.25) is 0 Å². The second-order valence-corrected chi connectivity index (χ2v) is 3.98. The average Bonchev–Trinajstić information content (AvgIpc) is 2.27. The van der Waals surface area contributed by atoms with Crippen molar-refractivity contribution in [3.8, 4) is 0 Å². The third-order valence-electron chi connectivity index (χ3n) is 2.89. The fourth-order valence-corrected chi connectivity index (χ4v) is 1.98. The van der Waals surface area contributed by atoms with Crippen molar-refractivity contribution in [1.29, 1.82) is 0 Å². The van der Waals surface area contributed by atoms with Gasteiger partial charge in [-0.15, -0.1) is 0 Å². The Labute approximate surface area is 89.9 Å². The SMILES string of the molecule is CCC(CC)C1(C)OC(=O)CCC(=O)O1. The quantitative estimate of drug-likeness (QED) is 0.674. The molecule has 4 heteroatoms. The summed E-state index contributed by atoms with van der Waals surface area (Å²) in [7, 11) is 0. The van der Waals surface area contributed by atoms with Gasteiger partial charge >= 0.3 is 11.9 Å². The van der Waals surface area contributed by atoms with Crippen LogP contribution in [0, 0.1) is 5.92 Å². The Balaban J connectivity index is 2.86. The zero-order chi connectivity index (χ0) is 11.5. The third kappa shape index (κ3) is 2.70. The highest BCUT2D eigenvalue weighted by atomic mass is 16.7. The highest BCUT2D eigenvalue weighted by Crippen LogP contribution is 2.31. The Kier molecular flexibility index (Phi) is 3.72. The van der Waals surface area contributed by atoms with Crippen LogP contribution in [-0.2, 0) is 19.1 Å². The van der Waals surface area contributed by atoms with Gasteiger partial charge in [0.1, 0.15) is 0 Å². The number of cyclic esters (lactones) is 2. The molecular weight excluding hydrogens is 196 g/mol. The lowest BCUT2D eigenvalue weighted by atomic mass is 9.94. The maximum atomic E-state index is 11.3. The molecule has 0 spiro atoms. The van der Waals surface area contributed by atoms with E-state index in [4.69, 9.17) is 9.47 Å². The zero-order valence-corrected chi connectivity index (χ0v) is 9.54. The van der Waals surface area contributed by atoms with E-state index in [1.807, 2.05) is 13.8 Å². The number of carbonyl (C=O) groups is 2. The monoisotopic (exact) mass is 214 g/mol. The van der Waals surface area contributed by atoms with Crippen LogP contribution in [-0.4, -0.2) is 17.7 Å². The minimum absolute atomic E-state index is 0.0588. The van der Waals surface area contributed by atoms with E-state index in [1.54, 1.807) is 6.92 Å². The lowest BCUT2D eigenvalue weighted by molar-refractivity contribution is -0.235. The van der Waals surface area contributed by atoms with E-state index in [9.17, 15) is 9.59 Å². The summed E-state index contributed by atoms with van der Waals surface area (Å²) in [5.74, 6) is -1.72. The number of esters is 2. The van der Waals surface area contributed by atoms with Crippen molar-refractivity contribution >= 4 is 11.9 Å². The second-order valence-electron chi connectivity index (χ2n) is 3.98. The van der Waals surface area contributed by atoms with Crippen LogP contribution in [0.25, 0.3) is 0 Å². The molecule has 4 nitrogen and oxygen atoms in total. The summed E-state index contributed by atoms with van der Waals surface area (Å²) in [4.78, 5) is 22.7. The van der Waals surface area contributed by atoms with Crippen LogP contribution in [0.4, 0.5) is 0 Å². The topological polar surface area (TPSA) is 52.6 Å². The molecule has 1 aliphatic rings. The number of carbonyl (C=O) groups excluding carboxylic acids is 2. The van der Waals surface area contributed by atoms with Crippen LogP contribution in [0.2, 0.25) is 0 Å². The Morgan fingerprint density at radius 1 is 1.13 bits per heavy atom. The number of rotatable bonds is 3. The van der Waals surface area contributed by atoms with E-state index in [2.05, 4.69) is 0 Å². The first-order chi connectivity index (χ1) is 7.01. The van der Waals surface area contributed by atoms with E-state index in [-0.39, 0.29) is 30.7 Å². The van der Waals surface area contributed by atoms with Gasteiger partial charge in [0.25, 0.3) is 5.79 Å². The van der Waals surface area contributed by atoms with Gasteiger partial charge in [-0.05, 0) is 12.8 Å². The summed E-state index contributed by atoms with van der Waals surface area (Å²) >= 11 is 0. The predicted octanol–water partition coefficient (Wildman–Crippen LogP) is 2.02. The van der Waals surface area contributed by atoms with Crippen molar-refractivity contribution in [2.75, 3.05) is 0 Å². The van der Waals surface area contributed by atoms with E-state index >= 15 is 0 Å². The van der Waals surface area contributed by atoms with Crippen LogP contribution in [0.3, 0.4) is 0 Å². The molecule has 0 bridgehead atoms. The van der Waals surface area contributed by atoms with Crippen molar-refractivity contribution in [2.24, 2.45) is 5.92 Å². The van der Waals surface area contributed by atoms with Gasteiger partial charge < -0.3 is 9.47 Å². The summed E-state index contributed by atoms with van der Waals surface area (Å²) in [5, 5.41) is 0. The van der Waals surface area contributed by atoms with Gasteiger partial charge in [-0.1, -0.05) is 13.8 Å². The first-order valence-corrected chi connectivity index (χ1v) is 5.45. The molecule has 86 valence electrons. The lowest BCUT2D eigenvalue weighted by Crippen LogP contribution is -2.41. The number of ether oxygens (including phenoxy) is 2. The van der Waals surface area contributed by atoms with Gasteiger partial charge in [-0.2, -0.15) is 0 Å². The van der Waals surface area contributed by atoms with Crippen molar-refractivity contribution in [2.45, 2.75) is 52.2 Å². The second kappa shape index (κ2) is 4.64. The molecule has 1 fully saturated rings. The third-order valence-corrected chi connectivity index (χ3v) is 2.89. The molecule has 0 radical (unpaired) electrons. The highest BCUT2D eigenvalue weighted by molar-refractivity contribution is 5.79. The predicted molar refractivity (Wildman–Crippen MR) is 53.9 cm³/mol. The van der Waals surface area contributed by atoms with Crippen molar-refractivity contribution in [3.05, 3.63) is 0 Å². The Morgan fingerprint density at radius 3 is 1.87 bits per heavy atom. The molecular formula is C11H18O4. The summed E-state index contributed by atoms with van der Waals surface area (Å²) in [6.45, 7) is 5.66. The number of hydrogen-bond donors (Lipinski definition) is 0. The minimum Gasteiger partial charge on any atom is -0.422 e. The maximum absolute atomic E-state index is 11.3. The molecule has 0 amide bonds. The van der Waals surface area contributed by atoms with Crippen LogP contribution in [0.1, 0.15) is 46.5 Å². The van der Waals surface area contributed by atoms with Gasteiger partial charge in [0, 0.05) is 12.8 Å². The molecule has 15 heavy (non-hydrogen) atoms. The highest BCUT2D eigenvalue weighted by Gasteiger charge is 2.41. The van der Waals surface area contributed by atoms with Crippen molar-refractivity contribution in [3.63, 3.8) is 0 Å². The molecule has 1 heterocycles. The van der Waals surface area contributed by atoms with E-state index in [1.165, 1.54) is 0 Å². The fourth-order valence-electron chi connectivity index (χ4n) is 1.98. The summed E-state index contributed by atoms with van der Waals surface area (Å²) in [5.41, 5.74) is 0.